The lowest BCUT2D eigenvalue weighted by Crippen LogP contribution is -2.14. The Balaban J connectivity index is 2.49. The van der Waals surface area contributed by atoms with Crippen molar-refractivity contribution >= 4 is 33.9 Å². The third kappa shape index (κ3) is 4.42. The fraction of sp³-hybridized carbons (Fsp3) is 0.294. The molecule has 1 heterocycles. The Morgan fingerprint density at radius 1 is 1.32 bits per heavy atom. The highest BCUT2D eigenvalue weighted by Gasteiger charge is 2.23. The molecule has 0 aliphatic rings. The maximum Gasteiger partial charge on any atom is 0.341 e. The van der Waals surface area contributed by atoms with E-state index in [4.69, 9.17) is 4.74 Å². The topological polar surface area (TPSA) is 98.5 Å². The molecule has 132 valence electrons. The number of carbonyl (C=O) groups is 2. The molecule has 1 aromatic carbocycles. The lowest BCUT2D eigenvalue weighted by Gasteiger charge is -2.08. The summed E-state index contributed by atoms with van der Waals surface area (Å²) in [6.07, 6.45) is 1.02. The minimum absolute atomic E-state index is 0.0740. The van der Waals surface area contributed by atoms with E-state index >= 15 is 0 Å². The van der Waals surface area contributed by atoms with E-state index in [9.17, 15) is 19.7 Å². The number of rotatable bonds is 7. The highest BCUT2D eigenvalue weighted by Crippen LogP contribution is 2.37. The molecule has 0 unspecified atom stereocenters. The molecule has 8 heteroatoms. The van der Waals surface area contributed by atoms with Crippen LogP contribution in [0, 0.1) is 10.1 Å². The zero-order valence-corrected chi connectivity index (χ0v) is 14.7. The molecule has 2 aromatic rings. The van der Waals surface area contributed by atoms with E-state index in [0.29, 0.717) is 29.0 Å². The Labute approximate surface area is 148 Å². The number of nitrogens with zero attached hydrogens (tertiary/aromatic N) is 1. The van der Waals surface area contributed by atoms with Gasteiger partial charge in [-0.05, 0) is 18.9 Å². The third-order valence-corrected chi connectivity index (χ3v) is 4.26. The van der Waals surface area contributed by atoms with Gasteiger partial charge in [0.1, 0.15) is 10.6 Å². The molecule has 0 aliphatic carbocycles. The van der Waals surface area contributed by atoms with Gasteiger partial charge in [0.05, 0.1) is 11.5 Å². The number of nitrogens with one attached hydrogen (secondary N) is 1. The number of esters is 1. The standard InChI is InChI=1S/C17H18N2O5S/c1-3-6-14(20)18-16-15(17(21)24-4-2)13(10-25-16)11-7-5-8-12(9-11)19(22)23/h5,7-10H,3-4,6H2,1-2H3,(H,18,20). The van der Waals surface area contributed by atoms with Gasteiger partial charge in [0.25, 0.3) is 5.69 Å². The van der Waals surface area contributed by atoms with Crippen molar-refractivity contribution in [1.82, 2.24) is 0 Å². The second kappa shape index (κ2) is 8.39. The number of thiophene rings is 1. The summed E-state index contributed by atoms with van der Waals surface area (Å²) in [6.45, 7) is 3.76. The molecular weight excluding hydrogens is 344 g/mol. The zero-order valence-electron chi connectivity index (χ0n) is 13.9. The molecule has 0 spiro atoms. The summed E-state index contributed by atoms with van der Waals surface area (Å²) in [5.41, 5.74) is 1.16. The average molecular weight is 362 g/mol. The maximum atomic E-state index is 12.4. The van der Waals surface area contributed by atoms with Crippen molar-refractivity contribution < 1.29 is 19.2 Å². The Hall–Kier alpha value is -2.74. The number of benzene rings is 1. The smallest absolute Gasteiger partial charge is 0.341 e. The fourth-order valence-electron chi connectivity index (χ4n) is 2.27. The largest absolute Gasteiger partial charge is 0.462 e. The number of anilines is 1. The van der Waals surface area contributed by atoms with Crippen molar-refractivity contribution in [2.45, 2.75) is 26.7 Å². The molecule has 1 aromatic heterocycles. The van der Waals surface area contributed by atoms with Crippen molar-refractivity contribution in [2.75, 3.05) is 11.9 Å². The number of non-ortho nitro benzene ring substituents is 1. The van der Waals surface area contributed by atoms with Crippen LogP contribution in [0.4, 0.5) is 10.7 Å². The Bertz CT molecular complexity index is 800. The Kier molecular flexibility index (Phi) is 6.24. The molecule has 0 aliphatic heterocycles. The molecule has 7 nitrogen and oxygen atoms in total. The van der Waals surface area contributed by atoms with Gasteiger partial charge in [0, 0.05) is 29.5 Å². The fourth-order valence-corrected chi connectivity index (χ4v) is 3.25. The van der Waals surface area contributed by atoms with Crippen LogP contribution >= 0.6 is 11.3 Å². The molecular formula is C17H18N2O5S. The van der Waals surface area contributed by atoms with E-state index in [1.54, 1.807) is 24.4 Å². The molecule has 0 saturated carbocycles. The Morgan fingerprint density at radius 2 is 2.08 bits per heavy atom. The molecule has 0 bridgehead atoms. The van der Waals surface area contributed by atoms with Crippen molar-refractivity contribution in [1.29, 1.82) is 0 Å². The summed E-state index contributed by atoms with van der Waals surface area (Å²) in [7, 11) is 0. The van der Waals surface area contributed by atoms with Gasteiger partial charge in [-0.1, -0.05) is 19.1 Å². The van der Waals surface area contributed by atoms with Gasteiger partial charge in [-0.25, -0.2) is 4.79 Å². The average Bonchev–Trinajstić information content (AvgIpc) is 2.99. The van der Waals surface area contributed by atoms with Crippen molar-refractivity contribution in [2.24, 2.45) is 0 Å². The van der Waals surface area contributed by atoms with Gasteiger partial charge in [0.2, 0.25) is 5.91 Å². The highest BCUT2D eigenvalue weighted by atomic mass is 32.1. The molecule has 0 atom stereocenters. The quantitative estimate of drug-likeness (QED) is 0.451. The first-order valence-corrected chi connectivity index (χ1v) is 8.69. The van der Waals surface area contributed by atoms with Crippen LogP contribution in [-0.4, -0.2) is 23.4 Å². The molecule has 1 amide bonds. The summed E-state index contributed by atoms with van der Waals surface area (Å²) in [6, 6.07) is 6.00. The van der Waals surface area contributed by atoms with Crippen LogP contribution in [0.5, 0.6) is 0 Å². The number of nitro benzene ring substituents is 1. The SMILES string of the molecule is CCCC(=O)Nc1scc(-c2cccc([N+](=O)[O-])c2)c1C(=O)OCC. The predicted octanol–water partition coefficient (Wildman–Crippen LogP) is 4.24. The van der Waals surface area contributed by atoms with Gasteiger partial charge < -0.3 is 10.1 Å². The molecule has 2 rings (SSSR count). The maximum absolute atomic E-state index is 12.4. The van der Waals surface area contributed by atoms with Crippen LogP contribution in [0.25, 0.3) is 11.1 Å². The van der Waals surface area contributed by atoms with E-state index in [1.807, 2.05) is 6.92 Å². The van der Waals surface area contributed by atoms with Gasteiger partial charge in [-0.2, -0.15) is 0 Å². The van der Waals surface area contributed by atoms with E-state index in [2.05, 4.69) is 5.32 Å². The number of hydrogen-bond acceptors (Lipinski definition) is 6. The summed E-state index contributed by atoms with van der Waals surface area (Å²) in [5, 5.41) is 15.8. The normalized spacial score (nSPS) is 10.3. The van der Waals surface area contributed by atoms with Gasteiger partial charge in [0.15, 0.2) is 0 Å². The van der Waals surface area contributed by atoms with Crippen LogP contribution in [-0.2, 0) is 9.53 Å². The molecule has 1 N–H and O–H groups in total. The second-order valence-electron chi connectivity index (χ2n) is 5.18. The van der Waals surface area contributed by atoms with Crippen LogP contribution in [0.15, 0.2) is 29.6 Å². The van der Waals surface area contributed by atoms with Gasteiger partial charge >= 0.3 is 5.97 Å². The second-order valence-corrected chi connectivity index (χ2v) is 6.06. The number of ether oxygens (including phenoxy) is 1. The van der Waals surface area contributed by atoms with E-state index < -0.39 is 10.9 Å². The Morgan fingerprint density at radius 3 is 2.72 bits per heavy atom. The summed E-state index contributed by atoms with van der Waals surface area (Å²) >= 11 is 1.19. The first-order valence-electron chi connectivity index (χ1n) is 7.81. The zero-order chi connectivity index (χ0) is 18.4. The van der Waals surface area contributed by atoms with Gasteiger partial charge in [-0.3, -0.25) is 14.9 Å². The van der Waals surface area contributed by atoms with E-state index in [-0.39, 0.29) is 23.8 Å². The highest BCUT2D eigenvalue weighted by molar-refractivity contribution is 7.15. The number of nitro groups is 1. The van der Waals surface area contributed by atoms with E-state index in [1.165, 1.54) is 23.5 Å². The first kappa shape index (κ1) is 18.6. The minimum Gasteiger partial charge on any atom is -0.462 e. The monoisotopic (exact) mass is 362 g/mol. The van der Waals surface area contributed by atoms with Crippen molar-refractivity contribution in [3.63, 3.8) is 0 Å². The van der Waals surface area contributed by atoms with Gasteiger partial charge in [-0.15, -0.1) is 11.3 Å². The lowest BCUT2D eigenvalue weighted by molar-refractivity contribution is -0.384. The predicted molar refractivity (Wildman–Crippen MR) is 95.9 cm³/mol. The number of carbonyl (C=O) groups excluding carboxylic acids is 2. The van der Waals surface area contributed by atoms with Crippen molar-refractivity contribution in [3.8, 4) is 11.1 Å². The van der Waals surface area contributed by atoms with Crippen molar-refractivity contribution in [3.05, 3.63) is 45.3 Å². The summed E-state index contributed by atoms with van der Waals surface area (Å²) < 4.78 is 5.09. The van der Waals surface area contributed by atoms with Crippen LogP contribution in [0.2, 0.25) is 0 Å². The number of hydrogen-bond donors (Lipinski definition) is 1. The molecule has 0 saturated heterocycles. The molecule has 0 fully saturated rings. The number of amides is 1. The first-order chi connectivity index (χ1) is 12.0. The summed E-state index contributed by atoms with van der Waals surface area (Å²) in [4.78, 5) is 34.8. The van der Waals surface area contributed by atoms with Crippen LogP contribution in [0.1, 0.15) is 37.0 Å². The molecule has 0 radical (unpaired) electrons. The third-order valence-electron chi connectivity index (χ3n) is 3.37. The lowest BCUT2D eigenvalue weighted by atomic mass is 10.0. The summed E-state index contributed by atoms with van der Waals surface area (Å²) in [5.74, 6) is -0.766. The van der Waals surface area contributed by atoms with Crippen LogP contribution < -0.4 is 5.32 Å². The van der Waals surface area contributed by atoms with E-state index in [0.717, 1.165) is 0 Å². The minimum atomic E-state index is -0.572. The van der Waals surface area contributed by atoms with Crippen LogP contribution in [0.3, 0.4) is 0 Å². The molecule has 25 heavy (non-hydrogen) atoms.